The predicted molar refractivity (Wildman–Crippen MR) is 99.1 cm³/mol. The number of amides is 2. The Kier molecular flexibility index (Phi) is 7.20. The summed E-state index contributed by atoms with van der Waals surface area (Å²) in [5.41, 5.74) is 1.82. The van der Waals surface area contributed by atoms with Crippen molar-refractivity contribution in [2.75, 3.05) is 51.6 Å². The molecule has 6 nitrogen and oxygen atoms in total. The van der Waals surface area contributed by atoms with Crippen LogP contribution in [-0.4, -0.2) is 67.9 Å². The molecule has 1 saturated heterocycles. The number of hydrogen-bond acceptors (Lipinski definition) is 4. The van der Waals surface area contributed by atoms with E-state index >= 15 is 0 Å². The summed E-state index contributed by atoms with van der Waals surface area (Å²) >= 11 is 3.41. The number of carbonyl (C=O) groups excluding carboxylic acids is 2. The number of hydrogen-bond donors (Lipinski definition) is 2. The van der Waals surface area contributed by atoms with Gasteiger partial charge in [0.1, 0.15) is 0 Å². The maximum Gasteiger partial charge on any atom is 0.238 e. The van der Waals surface area contributed by atoms with E-state index < -0.39 is 0 Å². The molecule has 2 N–H and O–H groups in total. The van der Waals surface area contributed by atoms with Crippen molar-refractivity contribution in [3.8, 4) is 0 Å². The highest BCUT2D eigenvalue weighted by atomic mass is 79.9. The molecule has 1 heterocycles. The minimum absolute atomic E-state index is 0.0717. The van der Waals surface area contributed by atoms with Gasteiger partial charge in [-0.1, -0.05) is 15.9 Å². The van der Waals surface area contributed by atoms with Gasteiger partial charge in [0.25, 0.3) is 0 Å². The summed E-state index contributed by atoms with van der Waals surface area (Å²) in [5.74, 6) is 0.0880. The molecule has 2 amide bonds. The number of aryl methyl sites for hydroxylation is 1. The van der Waals surface area contributed by atoms with Crippen molar-refractivity contribution in [1.82, 2.24) is 15.1 Å². The molecule has 7 heteroatoms. The molecule has 132 valence electrons. The van der Waals surface area contributed by atoms with Crippen LogP contribution in [0.3, 0.4) is 0 Å². The molecule has 0 saturated carbocycles. The highest BCUT2D eigenvalue weighted by molar-refractivity contribution is 9.10. The predicted octanol–water partition coefficient (Wildman–Crippen LogP) is 1.45. The molecule has 2 rings (SSSR count). The van der Waals surface area contributed by atoms with Crippen molar-refractivity contribution in [2.45, 2.75) is 13.3 Å². The molecule has 0 unspecified atom stereocenters. The van der Waals surface area contributed by atoms with Crippen molar-refractivity contribution in [1.29, 1.82) is 0 Å². The van der Waals surface area contributed by atoms with Crippen LogP contribution in [0.15, 0.2) is 22.7 Å². The second kappa shape index (κ2) is 9.15. The van der Waals surface area contributed by atoms with E-state index in [1.165, 1.54) is 0 Å². The van der Waals surface area contributed by atoms with Crippen molar-refractivity contribution < 1.29 is 9.59 Å². The highest BCUT2D eigenvalue weighted by Crippen LogP contribution is 2.19. The van der Waals surface area contributed by atoms with Gasteiger partial charge in [0.05, 0.1) is 6.54 Å². The summed E-state index contributed by atoms with van der Waals surface area (Å²) < 4.78 is 0.988. The number of carbonyl (C=O) groups is 2. The zero-order chi connectivity index (χ0) is 17.5. The van der Waals surface area contributed by atoms with Gasteiger partial charge >= 0.3 is 0 Å². The van der Waals surface area contributed by atoms with E-state index in [4.69, 9.17) is 0 Å². The fourth-order valence-electron chi connectivity index (χ4n) is 2.64. The minimum Gasteiger partial charge on any atom is -0.340 e. The molecule has 0 spiro atoms. The molecule has 1 aromatic carbocycles. The smallest absolute Gasteiger partial charge is 0.238 e. The Morgan fingerprint density at radius 3 is 2.71 bits per heavy atom. The van der Waals surface area contributed by atoms with Gasteiger partial charge in [-0.25, -0.2) is 0 Å². The summed E-state index contributed by atoms with van der Waals surface area (Å²) in [6.45, 7) is 6.06. The van der Waals surface area contributed by atoms with Gasteiger partial charge in [0, 0.05) is 49.3 Å². The number of nitrogens with one attached hydrogen (secondary N) is 2. The van der Waals surface area contributed by atoms with Gasteiger partial charge < -0.3 is 15.5 Å². The number of benzene rings is 1. The first-order valence-electron chi connectivity index (χ1n) is 8.19. The van der Waals surface area contributed by atoms with Crippen LogP contribution < -0.4 is 10.6 Å². The van der Waals surface area contributed by atoms with Gasteiger partial charge in [0.2, 0.25) is 11.8 Å². The van der Waals surface area contributed by atoms with Crippen LogP contribution in [0.2, 0.25) is 0 Å². The lowest BCUT2D eigenvalue weighted by Gasteiger charge is -2.28. The summed E-state index contributed by atoms with van der Waals surface area (Å²) in [5, 5.41) is 6.15. The fraction of sp³-hybridized carbons (Fsp3) is 0.529. The molecular weight excluding hydrogens is 372 g/mol. The Morgan fingerprint density at radius 2 is 2.04 bits per heavy atom. The molecule has 0 bridgehead atoms. The largest absolute Gasteiger partial charge is 0.340 e. The molecule has 1 aromatic rings. The maximum atomic E-state index is 12.1. The molecule has 0 atom stereocenters. The van der Waals surface area contributed by atoms with Crippen LogP contribution in [0.25, 0.3) is 0 Å². The standard InChI is InChI=1S/C17H25BrN4O2/c1-13-11-14(18)3-4-15(13)20-16(23)12-21(2)8-5-17(24)22-9-6-19-7-10-22/h3-4,11,19H,5-10,12H2,1-2H3,(H,20,23). The zero-order valence-electron chi connectivity index (χ0n) is 14.3. The van der Waals surface area contributed by atoms with Gasteiger partial charge in [0.15, 0.2) is 0 Å². The van der Waals surface area contributed by atoms with Crippen LogP contribution in [-0.2, 0) is 9.59 Å². The molecule has 0 aliphatic carbocycles. The van der Waals surface area contributed by atoms with E-state index in [1.54, 1.807) is 0 Å². The summed E-state index contributed by atoms with van der Waals surface area (Å²) in [7, 11) is 1.86. The first kappa shape index (κ1) is 18.9. The van der Waals surface area contributed by atoms with Crippen LogP contribution in [0.1, 0.15) is 12.0 Å². The number of nitrogens with zero attached hydrogens (tertiary/aromatic N) is 2. The average molecular weight is 397 g/mol. The normalized spacial score (nSPS) is 14.8. The van der Waals surface area contributed by atoms with E-state index in [0.29, 0.717) is 13.0 Å². The van der Waals surface area contributed by atoms with E-state index in [9.17, 15) is 9.59 Å². The van der Waals surface area contributed by atoms with Gasteiger partial charge in [-0.05, 0) is 37.7 Å². The Labute approximate surface area is 151 Å². The summed E-state index contributed by atoms with van der Waals surface area (Å²) in [4.78, 5) is 28.0. The summed E-state index contributed by atoms with van der Waals surface area (Å²) in [6, 6.07) is 5.75. The van der Waals surface area contributed by atoms with Gasteiger partial charge in [-0.15, -0.1) is 0 Å². The van der Waals surface area contributed by atoms with E-state index in [0.717, 1.165) is 41.9 Å². The number of piperazine rings is 1. The van der Waals surface area contributed by atoms with Crippen molar-refractivity contribution in [3.05, 3.63) is 28.2 Å². The number of anilines is 1. The molecule has 0 aromatic heterocycles. The summed E-state index contributed by atoms with van der Waals surface area (Å²) in [6.07, 6.45) is 0.446. The Hall–Kier alpha value is -1.44. The fourth-order valence-corrected chi connectivity index (χ4v) is 3.12. The van der Waals surface area contributed by atoms with Crippen LogP contribution in [0.5, 0.6) is 0 Å². The van der Waals surface area contributed by atoms with E-state index in [2.05, 4.69) is 26.6 Å². The molecule has 1 aliphatic rings. The lowest BCUT2D eigenvalue weighted by atomic mass is 10.2. The second-order valence-corrected chi connectivity index (χ2v) is 7.04. The lowest BCUT2D eigenvalue weighted by Crippen LogP contribution is -2.47. The van der Waals surface area contributed by atoms with E-state index in [1.807, 2.05) is 42.0 Å². The number of likely N-dealkylation sites (N-methyl/N-ethyl adjacent to an activating group) is 1. The highest BCUT2D eigenvalue weighted by Gasteiger charge is 2.17. The first-order valence-corrected chi connectivity index (χ1v) is 8.98. The van der Waals surface area contributed by atoms with E-state index in [-0.39, 0.29) is 18.4 Å². The third-order valence-electron chi connectivity index (χ3n) is 4.05. The lowest BCUT2D eigenvalue weighted by molar-refractivity contribution is -0.132. The minimum atomic E-state index is -0.0717. The molecule has 1 aliphatic heterocycles. The second-order valence-electron chi connectivity index (χ2n) is 6.13. The number of halogens is 1. The molecule has 0 radical (unpaired) electrons. The molecular formula is C17H25BrN4O2. The monoisotopic (exact) mass is 396 g/mol. The SMILES string of the molecule is Cc1cc(Br)ccc1NC(=O)CN(C)CCC(=O)N1CCNCC1. The van der Waals surface area contributed by atoms with Crippen LogP contribution in [0, 0.1) is 6.92 Å². The van der Waals surface area contributed by atoms with Crippen molar-refractivity contribution in [3.63, 3.8) is 0 Å². The quantitative estimate of drug-likeness (QED) is 0.763. The van der Waals surface area contributed by atoms with Crippen LogP contribution >= 0.6 is 15.9 Å². The topological polar surface area (TPSA) is 64.7 Å². The zero-order valence-corrected chi connectivity index (χ0v) is 15.9. The third kappa shape index (κ3) is 5.89. The van der Waals surface area contributed by atoms with Crippen LogP contribution in [0.4, 0.5) is 5.69 Å². The Morgan fingerprint density at radius 1 is 1.33 bits per heavy atom. The van der Waals surface area contributed by atoms with Crippen molar-refractivity contribution in [2.24, 2.45) is 0 Å². The molecule has 24 heavy (non-hydrogen) atoms. The Balaban J connectivity index is 1.73. The first-order chi connectivity index (χ1) is 11.5. The van der Waals surface area contributed by atoms with Gasteiger partial charge in [-0.2, -0.15) is 0 Å². The van der Waals surface area contributed by atoms with Crippen molar-refractivity contribution >= 4 is 33.4 Å². The average Bonchev–Trinajstić information content (AvgIpc) is 2.56. The molecule has 1 fully saturated rings. The van der Waals surface area contributed by atoms with Gasteiger partial charge in [-0.3, -0.25) is 14.5 Å². The Bertz CT molecular complexity index is 588. The third-order valence-corrected chi connectivity index (χ3v) is 4.55. The number of rotatable bonds is 6. The maximum absolute atomic E-state index is 12.1.